The summed E-state index contributed by atoms with van der Waals surface area (Å²) in [5.41, 5.74) is 0.0601. The number of likely N-dealkylation sites (N-methyl/N-ethyl adjacent to an activating group) is 1. The first-order valence-electron chi connectivity index (χ1n) is 7.50. The van der Waals surface area contributed by atoms with Gasteiger partial charge in [0.05, 0.1) is 12.2 Å². The zero-order valence-corrected chi connectivity index (χ0v) is 12.2. The lowest BCUT2D eigenvalue weighted by atomic mass is 9.72. The van der Waals surface area contributed by atoms with Gasteiger partial charge in [-0.2, -0.15) is 0 Å². The van der Waals surface area contributed by atoms with Crippen molar-refractivity contribution < 1.29 is 9.84 Å². The van der Waals surface area contributed by atoms with E-state index in [4.69, 9.17) is 4.74 Å². The van der Waals surface area contributed by atoms with Crippen LogP contribution in [0.3, 0.4) is 0 Å². The van der Waals surface area contributed by atoms with Gasteiger partial charge in [-0.1, -0.05) is 20.3 Å². The van der Waals surface area contributed by atoms with Crippen LogP contribution in [0.5, 0.6) is 0 Å². The van der Waals surface area contributed by atoms with Crippen molar-refractivity contribution in [2.75, 3.05) is 20.2 Å². The largest absolute Gasteiger partial charge is 0.391 e. The Labute approximate surface area is 112 Å². The molecule has 3 heteroatoms. The lowest BCUT2D eigenvalue weighted by Gasteiger charge is -2.45. The zero-order chi connectivity index (χ0) is 13.2. The van der Waals surface area contributed by atoms with Gasteiger partial charge in [0.2, 0.25) is 0 Å². The van der Waals surface area contributed by atoms with Crippen LogP contribution in [0, 0.1) is 5.41 Å². The molecule has 0 amide bonds. The smallest absolute Gasteiger partial charge is 0.0746 e. The topological polar surface area (TPSA) is 32.7 Å². The first-order chi connectivity index (χ1) is 8.50. The normalized spacial score (nSPS) is 36.8. The highest BCUT2D eigenvalue weighted by atomic mass is 16.5. The number of hydrogen-bond donors (Lipinski definition) is 1. The number of rotatable bonds is 3. The van der Waals surface area contributed by atoms with Crippen LogP contribution >= 0.6 is 0 Å². The minimum Gasteiger partial charge on any atom is -0.391 e. The van der Waals surface area contributed by atoms with Crippen LogP contribution in [0.25, 0.3) is 0 Å². The molecule has 106 valence electrons. The predicted molar refractivity (Wildman–Crippen MR) is 73.6 cm³/mol. The maximum atomic E-state index is 10.5. The second-order valence-electron chi connectivity index (χ2n) is 6.82. The third kappa shape index (κ3) is 3.25. The third-order valence-electron chi connectivity index (χ3n) is 4.82. The Morgan fingerprint density at radius 1 is 1.22 bits per heavy atom. The SMILES string of the molecule is CN(CC1CCCCO1)C1CCCC(C)(C)C1O. The molecule has 1 aliphatic heterocycles. The van der Waals surface area contributed by atoms with Gasteiger partial charge in [0.25, 0.3) is 0 Å². The summed E-state index contributed by atoms with van der Waals surface area (Å²) >= 11 is 0. The Balaban J connectivity index is 1.89. The summed E-state index contributed by atoms with van der Waals surface area (Å²) in [4.78, 5) is 2.33. The highest BCUT2D eigenvalue weighted by molar-refractivity contribution is 4.93. The quantitative estimate of drug-likeness (QED) is 0.840. The van der Waals surface area contributed by atoms with E-state index < -0.39 is 0 Å². The van der Waals surface area contributed by atoms with Crippen LogP contribution in [0.15, 0.2) is 0 Å². The Morgan fingerprint density at radius 3 is 2.67 bits per heavy atom. The molecule has 1 aliphatic carbocycles. The molecule has 2 rings (SSSR count). The molecule has 3 atom stereocenters. The molecule has 3 nitrogen and oxygen atoms in total. The van der Waals surface area contributed by atoms with Crippen molar-refractivity contribution in [3.63, 3.8) is 0 Å². The molecule has 1 heterocycles. The van der Waals surface area contributed by atoms with Crippen LogP contribution in [0.2, 0.25) is 0 Å². The summed E-state index contributed by atoms with van der Waals surface area (Å²) in [6.45, 7) is 6.26. The van der Waals surface area contributed by atoms with E-state index in [1.54, 1.807) is 0 Å². The molecule has 18 heavy (non-hydrogen) atoms. The van der Waals surface area contributed by atoms with Crippen LogP contribution in [0.4, 0.5) is 0 Å². The number of nitrogens with zero attached hydrogens (tertiary/aromatic N) is 1. The van der Waals surface area contributed by atoms with Crippen LogP contribution in [-0.4, -0.2) is 48.5 Å². The van der Waals surface area contributed by atoms with Crippen molar-refractivity contribution >= 4 is 0 Å². The van der Waals surface area contributed by atoms with E-state index in [1.165, 1.54) is 25.7 Å². The highest BCUT2D eigenvalue weighted by Crippen LogP contribution is 2.37. The van der Waals surface area contributed by atoms with Crippen LogP contribution < -0.4 is 0 Å². The molecule has 0 aromatic carbocycles. The lowest BCUT2D eigenvalue weighted by Crippen LogP contribution is -2.53. The van der Waals surface area contributed by atoms with Crippen molar-refractivity contribution in [1.82, 2.24) is 4.90 Å². The molecule has 0 aromatic heterocycles. The fourth-order valence-electron chi connectivity index (χ4n) is 3.46. The third-order valence-corrected chi connectivity index (χ3v) is 4.82. The number of aliphatic hydroxyl groups is 1. The van der Waals surface area contributed by atoms with Gasteiger partial charge < -0.3 is 9.84 Å². The predicted octanol–water partition coefficient (Wildman–Crippen LogP) is 2.43. The van der Waals surface area contributed by atoms with Gasteiger partial charge in [-0.25, -0.2) is 0 Å². The van der Waals surface area contributed by atoms with Crippen LogP contribution in [0.1, 0.15) is 52.4 Å². The minimum atomic E-state index is -0.208. The number of hydrogen-bond acceptors (Lipinski definition) is 3. The zero-order valence-electron chi connectivity index (χ0n) is 12.2. The molecule has 0 radical (unpaired) electrons. The van der Waals surface area contributed by atoms with Gasteiger partial charge in [0, 0.05) is 19.2 Å². The summed E-state index contributed by atoms with van der Waals surface area (Å²) in [7, 11) is 2.15. The van der Waals surface area contributed by atoms with E-state index in [0.717, 1.165) is 26.0 Å². The molecule has 0 aromatic rings. The van der Waals surface area contributed by atoms with Crippen molar-refractivity contribution in [1.29, 1.82) is 0 Å². The molecule has 0 spiro atoms. The van der Waals surface area contributed by atoms with E-state index in [1.807, 2.05) is 0 Å². The molecule has 0 bridgehead atoms. The van der Waals surface area contributed by atoms with Gasteiger partial charge in [-0.05, 0) is 44.6 Å². The molecule has 1 saturated heterocycles. The molecular formula is C15H29NO2. The molecule has 2 fully saturated rings. The molecule has 1 N–H and O–H groups in total. The van der Waals surface area contributed by atoms with E-state index in [2.05, 4.69) is 25.8 Å². The summed E-state index contributed by atoms with van der Waals surface area (Å²) < 4.78 is 5.80. The maximum absolute atomic E-state index is 10.5. The van der Waals surface area contributed by atoms with E-state index in [9.17, 15) is 5.11 Å². The summed E-state index contributed by atoms with van der Waals surface area (Å²) in [6, 6.07) is 0.305. The van der Waals surface area contributed by atoms with Gasteiger partial charge in [0.1, 0.15) is 0 Å². The Hall–Kier alpha value is -0.120. The number of aliphatic hydroxyl groups excluding tert-OH is 1. The second-order valence-corrected chi connectivity index (χ2v) is 6.82. The van der Waals surface area contributed by atoms with Gasteiger partial charge >= 0.3 is 0 Å². The van der Waals surface area contributed by atoms with Gasteiger partial charge in [-0.3, -0.25) is 4.90 Å². The van der Waals surface area contributed by atoms with Crippen molar-refractivity contribution in [3.05, 3.63) is 0 Å². The fraction of sp³-hybridized carbons (Fsp3) is 1.00. The molecule has 1 saturated carbocycles. The van der Waals surface area contributed by atoms with E-state index in [0.29, 0.717) is 12.1 Å². The lowest BCUT2D eigenvalue weighted by molar-refractivity contribution is -0.0706. The Morgan fingerprint density at radius 2 is 2.00 bits per heavy atom. The van der Waals surface area contributed by atoms with Gasteiger partial charge in [-0.15, -0.1) is 0 Å². The van der Waals surface area contributed by atoms with E-state index in [-0.39, 0.29) is 11.5 Å². The average molecular weight is 255 g/mol. The first kappa shape index (κ1) is 14.3. The summed E-state index contributed by atoms with van der Waals surface area (Å²) in [5, 5.41) is 10.5. The summed E-state index contributed by atoms with van der Waals surface area (Å²) in [5.74, 6) is 0. The van der Waals surface area contributed by atoms with Gasteiger partial charge in [0.15, 0.2) is 0 Å². The monoisotopic (exact) mass is 255 g/mol. The van der Waals surface area contributed by atoms with E-state index >= 15 is 0 Å². The Kier molecular flexibility index (Phi) is 4.68. The molecular weight excluding hydrogens is 226 g/mol. The Bertz CT molecular complexity index is 261. The fourth-order valence-corrected chi connectivity index (χ4v) is 3.46. The summed E-state index contributed by atoms with van der Waals surface area (Å²) in [6.07, 6.45) is 7.32. The molecule has 2 aliphatic rings. The molecule has 3 unspecified atom stereocenters. The number of ether oxygens (including phenoxy) is 1. The first-order valence-corrected chi connectivity index (χ1v) is 7.50. The van der Waals surface area contributed by atoms with Crippen molar-refractivity contribution in [2.45, 2.75) is 70.6 Å². The standard InChI is InChI=1S/C15H29NO2/c1-15(2)9-6-8-13(14(15)17)16(3)11-12-7-4-5-10-18-12/h12-14,17H,4-11H2,1-3H3. The van der Waals surface area contributed by atoms with Crippen molar-refractivity contribution in [2.24, 2.45) is 5.41 Å². The maximum Gasteiger partial charge on any atom is 0.0746 e. The van der Waals surface area contributed by atoms with Crippen LogP contribution in [-0.2, 0) is 4.74 Å². The van der Waals surface area contributed by atoms with Crippen molar-refractivity contribution in [3.8, 4) is 0 Å². The highest BCUT2D eigenvalue weighted by Gasteiger charge is 2.39. The average Bonchev–Trinajstić information content (AvgIpc) is 2.34. The minimum absolute atomic E-state index is 0.0601. The second kappa shape index (κ2) is 5.89.